The van der Waals surface area contributed by atoms with Gasteiger partial charge in [-0.2, -0.15) is 8.78 Å². The Balaban J connectivity index is 1.84. The molecule has 0 spiro atoms. The Hall–Kier alpha value is -2.26. The van der Waals surface area contributed by atoms with Crippen molar-refractivity contribution in [2.75, 3.05) is 39.4 Å². The zero-order chi connectivity index (χ0) is 18.7. The molecule has 2 atom stereocenters. The summed E-state index contributed by atoms with van der Waals surface area (Å²) in [6.45, 7) is -1.21. The average Bonchev–Trinajstić information content (AvgIpc) is 2.84. The van der Waals surface area contributed by atoms with E-state index in [-0.39, 0.29) is 36.4 Å². The van der Waals surface area contributed by atoms with Crippen molar-refractivity contribution < 1.29 is 33.0 Å². The monoisotopic (exact) mass is 370 g/mol. The van der Waals surface area contributed by atoms with Crippen LogP contribution in [0.5, 0.6) is 5.75 Å². The van der Waals surface area contributed by atoms with Crippen molar-refractivity contribution in [2.24, 2.45) is 5.92 Å². The van der Waals surface area contributed by atoms with E-state index in [1.165, 1.54) is 18.2 Å². The van der Waals surface area contributed by atoms with Crippen LogP contribution in [-0.2, 0) is 9.53 Å². The average molecular weight is 370 g/mol. The highest BCUT2D eigenvalue weighted by Gasteiger charge is 2.37. The minimum atomic E-state index is -3.03. The number of amides is 1. The maximum absolute atomic E-state index is 13.0. The van der Waals surface area contributed by atoms with Crippen LogP contribution in [0.4, 0.5) is 8.78 Å². The Labute approximate surface area is 149 Å². The fraction of sp³-hybridized carbons (Fsp3) is 0.529. The van der Waals surface area contributed by atoms with Gasteiger partial charge in [0.05, 0.1) is 31.4 Å². The van der Waals surface area contributed by atoms with E-state index in [1.54, 1.807) is 15.9 Å². The summed E-state index contributed by atoms with van der Waals surface area (Å²) in [5, 5.41) is 9.05. The number of carboxylic acid groups (broad SMARTS) is 1. The molecule has 1 amide bonds. The minimum Gasteiger partial charge on any atom is -0.480 e. The number of ether oxygens (including phenoxy) is 2. The molecule has 2 bridgehead atoms. The van der Waals surface area contributed by atoms with Gasteiger partial charge in [0.2, 0.25) is 0 Å². The first-order valence-electron chi connectivity index (χ1n) is 8.30. The summed E-state index contributed by atoms with van der Waals surface area (Å²) < 4.78 is 35.3. The molecule has 142 valence electrons. The van der Waals surface area contributed by atoms with Crippen molar-refractivity contribution in [3.63, 3.8) is 0 Å². The predicted molar refractivity (Wildman–Crippen MR) is 86.3 cm³/mol. The molecule has 2 heterocycles. The molecule has 3 rings (SSSR count). The second-order valence-corrected chi connectivity index (χ2v) is 6.48. The van der Waals surface area contributed by atoms with Crippen molar-refractivity contribution >= 4 is 11.9 Å². The van der Waals surface area contributed by atoms with E-state index >= 15 is 0 Å². The lowest BCUT2D eigenvalue weighted by Crippen LogP contribution is -2.47. The Morgan fingerprint density at radius 3 is 2.73 bits per heavy atom. The first kappa shape index (κ1) is 18.5. The third kappa shape index (κ3) is 4.28. The molecule has 2 aliphatic heterocycles. The number of nitrogens with zero attached hydrogens (tertiary/aromatic N) is 2. The molecule has 0 aromatic heterocycles. The Bertz CT molecular complexity index is 672. The largest absolute Gasteiger partial charge is 0.480 e. The topological polar surface area (TPSA) is 79.3 Å². The number of benzene rings is 1. The van der Waals surface area contributed by atoms with Gasteiger partial charge >= 0.3 is 12.6 Å². The Morgan fingerprint density at radius 2 is 2.00 bits per heavy atom. The number of fused-ring (bicyclic) bond motifs is 3. The van der Waals surface area contributed by atoms with E-state index < -0.39 is 18.5 Å². The molecule has 0 unspecified atom stereocenters. The normalized spacial score (nSPS) is 23.6. The molecule has 1 aromatic rings. The van der Waals surface area contributed by atoms with Gasteiger partial charge in [-0.1, -0.05) is 12.1 Å². The maximum Gasteiger partial charge on any atom is 0.387 e. The number of aliphatic carboxylic acids is 1. The van der Waals surface area contributed by atoms with Crippen LogP contribution < -0.4 is 4.74 Å². The highest BCUT2D eigenvalue weighted by atomic mass is 19.3. The molecule has 1 aromatic carbocycles. The van der Waals surface area contributed by atoms with E-state index in [0.29, 0.717) is 26.2 Å². The van der Waals surface area contributed by atoms with E-state index in [2.05, 4.69) is 4.74 Å². The van der Waals surface area contributed by atoms with Gasteiger partial charge in [-0.05, 0) is 12.1 Å². The van der Waals surface area contributed by atoms with Gasteiger partial charge < -0.3 is 19.5 Å². The van der Waals surface area contributed by atoms with E-state index in [4.69, 9.17) is 9.84 Å². The van der Waals surface area contributed by atoms with Crippen LogP contribution in [0.15, 0.2) is 24.3 Å². The van der Waals surface area contributed by atoms with Crippen molar-refractivity contribution in [1.82, 2.24) is 9.80 Å². The number of carbonyl (C=O) groups is 2. The van der Waals surface area contributed by atoms with Crippen LogP contribution in [0, 0.1) is 5.92 Å². The van der Waals surface area contributed by atoms with Crippen molar-refractivity contribution in [3.05, 3.63) is 29.8 Å². The minimum absolute atomic E-state index is 0.0472. The molecule has 2 aliphatic rings. The summed E-state index contributed by atoms with van der Waals surface area (Å²) in [6, 6.07) is 5.53. The van der Waals surface area contributed by atoms with Gasteiger partial charge in [0.15, 0.2) is 0 Å². The van der Waals surface area contributed by atoms with Gasteiger partial charge in [-0.25, -0.2) is 0 Å². The summed E-state index contributed by atoms with van der Waals surface area (Å²) in [7, 11) is 0. The first-order valence-corrected chi connectivity index (χ1v) is 8.30. The first-order chi connectivity index (χ1) is 12.4. The number of carbonyl (C=O) groups excluding carboxylic acids is 1. The Kier molecular flexibility index (Phi) is 5.67. The SMILES string of the molecule is O=C(O)CN1C[C@@H]2COC[C@H](C1)N(C(=O)c1ccccc1OC(F)F)C2. The number of para-hydroxylation sites is 1. The lowest BCUT2D eigenvalue weighted by atomic mass is 10.1. The van der Waals surface area contributed by atoms with Crippen molar-refractivity contribution in [3.8, 4) is 5.75 Å². The zero-order valence-electron chi connectivity index (χ0n) is 14.0. The number of halogens is 2. The molecule has 0 aliphatic carbocycles. The number of hydrogen-bond acceptors (Lipinski definition) is 5. The van der Waals surface area contributed by atoms with Crippen molar-refractivity contribution in [2.45, 2.75) is 12.7 Å². The third-order valence-electron chi connectivity index (χ3n) is 4.50. The smallest absolute Gasteiger partial charge is 0.387 e. The van der Waals surface area contributed by atoms with Crippen LogP contribution >= 0.6 is 0 Å². The summed E-state index contributed by atoms with van der Waals surface area (Å²) in [5.41, 5.74) is 0.0603. The van der Waals surface area contributed by atoms with E-state index in [9.17, 15) is 18.4 Å². The van der Waals surface area contributed by atoms with Gasteiger partial charge in [0, 0.05) is 25.6 Å². The molecule has 0 radical (unpaired) electrons. The highest BCUT2D eigenvalue weighted by molar-refractivity contribution is 5.97. The predicted octanol–water partition coefficient (Wildman–Crippen LogP) is 1.15. The van der Waals surface area contributed by atoms with Gasteiger partial charge in [-0.15, -0.1) is 0 Å². The van der Waals surface area contributed by atoms with E-state index in [1.807, 2.05) is 0 Å². The zero-order valence-corrected chi connectivity index (χ0v) is 14.0. The van der Waals surface area contributed by atoms with Crippen LogP contribution in [-0.4, -0.2) is 78.8 Å². The molecule has 9 heteroatoms. The van der Waals surface area contributed by atoms with Gasteiger partial charge in [0.25, 0.3) is 5.91 Å². The fourth-order valence-corrected chi connectivity index (χ4v) is 3.51. The molecular formula is C17H20F2N2O5. The van der Waals surface area contributed by atoms with Crippen LogP contribution in [0.25, 0.3) is 0 Å². The second kappa shape index (κ2) is 7.96. The van der Waals surface area contributed by atoms with Gasteiger partial charge in [-0.3, -0.25) is 14.5 Å². The molecule has 26 heavy (non-hydrogen) atoms. The molecule has 2 saturated heterocycles. The van der Waals surface area contributed by atoms with Crippen LogP contribution in [0.1, 0.15) is 10.4 Å². The van der Waals surface area contributed by atoms with E-state index in [0.717, 1.165) is 0 Å². The Morgan fingerprint density at radius 1 is 1.23 bits per heavy atom. The van der Waals surface area contributed by atoms with Crippen molar-refractivity contribution in [1.29, 1.82) is 0 Å². The lowest BCUT2D eigenvalue weighted by molar-refractivity contribution is -0.138. The van der Waals surface area contributed by atoms with Crippen LogP contribution in [0.3, 0.4) is 0 Å². The quantitative estimate of drug-likeness (QED) is 0.838. The summed E-state index contributed by atoms with van der Waals surface area (Å²) in [5.74, 6) is -1.57. The number of carboxylic acids is 1. The third-order valence-corrected chi connectivity index (χ3v) is 4.50. The second-order valence-electron chi connectivity index (χ2n) is 6.48. The number of alkyl halides is 2. The lowest BCUT2D eigenvalue weighted by Gasteiger charge is -2.31. The molecule has 2 fully saturated rings. The number of hydrogen-bond donors (Lipinski definition) is 1. The summed E-state index contributed by atoms with van der Waals surface area (Å²) in [4.78, 5) is 27.5. The van der Waals surface area contributed by atoms with Gasteiger partial charge in [0.1, 0.15) is 5.75 Å². The molecule has 1 N–H and O–H groups in total. The van der Waals surface area contributed by atoms with Crippen LogP contribution in [0.2, 0.25) is 0 Å². The molecule has 0 saturated carbocycles. The number of rotatable bonds is 5. The molecular weight excluding hydrogens is 350 g/mol. The standard InChI is InChI=1S/C17H20F2N2O5/c18-17(19)26-14-4-2-1-3-13(14)16(24)21-6-11-5-20(8-15(22)23)7-12(21)10-25-9-11/h1-4,11-12,17H,5-10H2,(H,22,23)/t11-,12-/m0/s1. The molecule has 7 nitrogen and oxygen atoms in total. The highest BCUT2D eigenvalue weighted by Crippen LogP contribution is 2.26. The maximum atomic E-state index is 13.0. The fourth-order valence-electron chi connectivity index (χ4n) is 3.51. The summed E-state index contributed by atoms with van der Waals surface area (Å²) >= 11 is 0. The summed E-state index contributed by atoms with van der Waals surface area (Å²) in [6.07, 6.45) is 0.